The Labute approximate surface area is 128 Å². The van der Waals surface area contributed by atoms with Crippen LogP contribution >= 0.6 is 0 Å². The number of carboxylic acid groups (broad SMARTS) is 2. The first-order chi connectivity index (χ1) is 8.31. The van der Waals surface area contributed by atoms with Crippen molar-refractivity contribution in [1.82, 2.24) is 4.90 Å². The van der Waals surface area contributed by atoms with Gasteiger partial charge in [-0.05, 0) is 13.8 Å². The van der Waals surface area contributed by atoms with Crippen LogP contribution in [0.3, 0.4) is 0 Å². The maximum atomic E-state index is 8.89. The minimum atomic E-state index is -1.08. The fraction of sp³-hybridized carbons (Fsp3) is 0.800. The summed E-state index contributed by atoms with van der Waals surface area (Å²) in [5.41, 5.74) is 0. The summed E-state index contributed by atoms with van der Waals surface area (Å²) in [4.78, 5) is 19.6. The summed E-state index contributed by atoms with van der Waals surface area (Å²) in [6, 6.07) is 0. The van der Waals surface area contributed by atoms with E-state index >= 15 is 0 Å². The van der Waals surface area contributed by atoms with E-state index in [1.165, 1.54) is 0 Å². The van der Waals surface area contributed by atoms with Gasteiger partial charge in [0.05, 0.1) is 19.8 Å². The molecule has 110 valence electrons. The van der Waals surface area contributed by atoms with Gasteiger partial charge in [0.15, 0.2) is 0 Å². The molecule has 0 saturated carbocycles. The van der Waals surface area contributed by atoms with Gasteiger partial charge in [-0.2, -0.15) is 0 Å². The van der Waals surface area contributed by atoms with Crippen molar-refractivity contribution in [3.8, 4) is 0 Å². The van der Waals surface area contributed by atoms with Crippen molar-refractivity contribution < 1.29 is 35.1 Å². The molecule has 0 rings (SSSR count). The molecule has 0 aromatic heterocycles. The molecule has 0 aromatic carbocycles. The number of carbonyl (C=O) groups is 2. The first kappa shape index (κ1) is 27.0. The number of hydrogen-bond donors (Lipinski definition) is 3. The zero-order valence-electron chi connectivity index (χ0n) is 11.4. The van der Waals surface area contributed by atoms with Crippen molar-refractivity contribution in [2.75, 3.05) is 39.5 Å². The maximum Gasteiger partial charge on any atom is 2.00 e. The van der Waals surface area contributed by atoms with Gasteiger partial charge in [0.1, 0.15) is 0 Å². The summed E-state index contributed by atoms with van der Waals surface area (Å²) >= 11 is 0. The molecule has 3 N–H and O–H groups in total. The first-order valence-electron chi connectivity index (χ1n) is 5.21. The van der Waals surface area contributed by atoms with Crippen LogP contribution < -0.4 is 10.2 Å². The molecular weight excluding hydrogens is 270 g/mol. The van der Waals surface area contributed by atoms with E-state index in [9.17, 15) is 0 Å². The van der Waals surface area contributed by atoms with Crippen LogP contribution in [0.4, 0.5) is 0 Å². The molecule has 0 atom stereocenters. The Hall–Kier alpha value is -0.454. The average molecular weight is 292 g/mol. The molecule has 8 nitrogen and oxygen atoms in total. The van der Waals surface area contributed by atoms with E-state index in [0.717, 1.165) is 13.8 Å². The van der Waals surface area contributed by atoms with E-state index in [-0.39, 0.29) is 42.9 Å². The van der Waals surface area contributed by atoms with E-state index in [4.69, 9.17) is 35.1 Å². The third-order valence-electron chi connectivity index (χ3n) is 1.25. The van der Waals surface area contributed by atoms with Crippen LogP contribution in [0.2, 0.25) is 0 Å². The van der Waals surface area contributed by atoms with Gasteiger partial charge < -0.3 is 35.1 Å². The van der Waals surface area contributed by atoms with E-state index in [1.807, 2.05) is 0 Å². The molecular formula is C10H21MgNO7. The Balaban J connectivity index is -0.000000105. The monoisotopic (exact) mass is 291 g/mol. The van der Waals surface area contributed by atoms with Crippen molar-refractivity contribution in [2.45, 2.75) is 13.8 Å². The molecule has 9 heteroatoms. The van der Waals surface area contributed by atoms with E-state index in [2.05, 4.69) is 0 Å². The van der Waals surface area contributed by atoms with Crippen LogP contribution in [0.15, 0.2) is 0 Å². The van der Waals surface area contributed by atoms with Crippen molar-refractivity contribution in [2.24, 2.45) is 0 Å². The Morgan fingerprint density at radius 3 is 1.11 bits per heavy atom. The Morgan fingerprint density at radius 1 is 0.842 bits per heavy atom. The van der Waals surface area contributed by atoms with Gasteiger partial charge in [-0.1, -0.05) is 0 Å². The molecule has 0 aliphatic rings. The van der Waals surface area contributed by atoms with Crippen molar-refractivity contribution >= 4 is 35.0 Å². The zero-order valence-corrected chi connectivity index (χ0v) is 12.8. The van der Waals surface area contributed by atoms with Gasteiger partial charge in [0.25, 0.3) is 0 Å². The second-order valence-electron chi connectivity index (χ2n) is 3.00. The van der Waals surface area contributed by atoms with Crippen LogP contribution in [0, 0.1) is 0 Å². The summed E-state index contributed by atoms with van der Waals surface area (Å²) in [6.07, 6.45) is 0. The number of aliphatic hydroxyl groups is 3. The van der Waals surface area contributed by atoms with E-state index in [1.54, 1.807) is 4.90 Å². The molecule has 0 amide bonds. The Bertz CT molecular complexity index is 170. The molecule has 0 aliphatic heterocycles. The minimum Gasteiger partial charge on any atom is -0.550 e. The molecule has 0 saturated heterocycles. The maximum absolute atomic E-state index is 8.89. The van der Waals surface area contributed by atoms with Crippen molar-refractivity contribution in [3.63, 3.8) is 0 Å². The van der Waals surface area contributed by atoms with Gasteiger partial charge in [0.2, 0.25) is 0 Å². The molecule has 0 unspecified atom stereocenters. The molecule has 19 heavy (non-hydrogen) atoms. The summed E-state index contributed by atoms with van der Waals surface area (Å²) in [6.45, 7) is 3.70. The van der Waals surface area contributed by atoms with E-state index in [0.29, 0.717) is 19.6 Å². The summed E-state index contributed by atoms with van der Waals surface area (Å²) in [5.74, 6) is -2.17. The number of aliphatic hydroxyl groups excluding tert-OH is 3. The van der Waals surface area contributed by atoms with Gasteiger partial charge in [0, 0.05) is 31.6 Å². The predicted molar refractivity (Wildman–Crippen MR) is 64.8 cm³/mol. The number of rotatable bonds is 6. The van der Waals surface area contributed by atoms with Crippen LogP contribution in [0.25, 0.3) is 0 Å². The van der Waals surface area contributed by atoms with Gasteiger partial charge in [-0.15, -0.1) is 0 Å². The Kier molecular flexibility index (Phi) is 32.2. The van der Waals surface area contributed by atoms with Crippen LogP contribution in [0.1, 0.15) is 13.8 Å². The second kappa shape index (κ2) is 22.7. The minimum absolute atomic E-state index is 0. The molecule has 0 bridgehead atoms. The number of carboxylic acids is 2. The largest absolute Gasteiger partial charge is 2.00 e. The molecule has 0 aromatic rings. The third-order valence-corrected chi connectivity index (χ3v) is 1.25. The van der Waals surface area contributed by atoms with Gasteiger partial charge >= 0.3 is 23.1 Å². The average Bonchev–Trinajstić information content (AvgIpc) is 2.17. The first-order valence-corrected chi connectivity index (χ1v) is 5.21. The van der Waals surface area contributed by atoms with Gasteiger partial charge in [-0.25, -0.2) is 0 Å². The van der Waals surface area contributed by atoms with Crippen LogP contribution in [-0.4, -0.2) is 94.7 Å². The van der Waals surface area contributed by atoms with Crippen molar-refractivity contribution in [1.29, 1.82) is 0 Å². The molecule has 0 aliphatic carbocycles. The fourth-order valence-electron chi connectivity index (χ4n) is 0.760. The Morgan fingerprint density at radius 2 is 1.00 bits per heavy atom. The summed E-state index contributed by atoms with van der Waals surface area (Å²) in [5, 5.41) is 43.2. The standard InChI is InChI=1S/C6H15NO3.2C2H4O2.Mg/c8-4-1-7(2-5-9)3-6-10;2*1-2(3)4;/h8-10H,1-6H2;2*1H3,(H,3,4);/q;;;+2/p-2. The number of carbonyl (C=O) groups excluding carboxylic acids is 2. The summed E-state index contributed by atoms with van der Waals surface area (Å²) in [7, 11) is 0. The molecule has 0 fully saturated rings. The van der Waals surface area contributed by atoms with E-state index < -0.39 is 11.9 Å². The predicted octanol–water partition coefficient (Wildman–Crippen LogP) is -4.60. The van der Waals surface area contributed by atoms with Crippen LogP contribution in [-0.2, 0) is 9.59 Å². The molecule has 0 radical (unpaired) electrons. The molecule has 0 spiro atoms. The van der Waals surface area contributed by atoms with Gasteiger partial charge in [-0.3, -0.25) is 4.90 Å². The fourth-order valence-corrected chi connectivity index (χ4v) is 0.760. The molecule has 0 heterocycles. The van der Waals surface area contributed by atoms with Crippen molar-refractivity contribution in [3.05, 3.63) is 0 Å². The number of hydrogen-bond acceptors (Lipinski definition) is 8. The normalized spacial score (nSPS) is 8.32. The number of nitrogens with zero attached hydrogens (tertiary/aromatic N) is 1. The second-order valence-corrected chi connectivity index (χ2v) is 3.00. The zero-order chi connectivity index (χ0) is 15.0. The third kappa shape index (κ3) is 58.1. The number of aliphatic carboxylic acids is 2. The smallest absolute Gasteiger partial charge is 0.550 e. The topological polar surface area (TPSA) is 144 Å². The summed E-state index contributed by atoms with van der Waals surface area (Å²) < 4.78 is 0. The van der Waals surface area contributed by atoms with Crippen LogP contribution in [0.5, 0.6) is 0 Å². The SMILES string of the molecule is CC(=O)[O-].CC(=O)[O-].OCCN(CCO)CCO.[Mg+2]. The quantitative estimate of drug-likeness (QED) is 0.415.